The van der Waals surface area contributed by atoms with E-state index >= 15 is 0 Å². The second-order valence-electron chi connectivity index (χ2n) is 4.63. The minimum Gasteiger partial charge on any atom is -0.385 e. The smallest absolute Gasteiger partial charge is 0.241 e. The summed E-state index contributed by atoms with van der Waals surface area (Å²) in [5.41, 5.74) is 6.05. The van der Waals surface area contributed by atoms with Crippen molar-refractivity contribution in [3.63, 3.8) is 0 Å². The Labute approximate surface area is 125 Å². The molecule has 0 spiro atoms. The zero-order valence-corrected chi connectivity index (χ0v) is 13.2. The zero-order chi connectivity index (χ0) is 15.9. The van der Waals surface area contributed by atoms with Crippen LogP contribution in [0.25, 0.3) is 0 Å². The van der Waals surface area contributed by atoms with E-state index in [2.05, 4.69) is 5.32 Å². The molecule has 6 nitrogen and oxygen atoms in total. The van der Waals surface area contributed by atoms with Crippen LogP contribution >= 0.6 is 0 Å². The molecule has 0 radical (unpaired) electrons. The number of anilines is 1. The van der Waals surface area contributed by atoms with Crippen molar-refractivity contribution in [2.75, 3.05) is 24.8 Å². The summed E-state index contributed by atoms with van der Waals surface area (Å²) >= 11 is 0. The first kappa shape index (κ1) is 17.6. The summed E-state index contributed by atoms with van der Waals surface area (Å²) in [7, 11) is -1.82. The standard InChI is InChI=1S/C14H22N2O4S/c1-3-21(18,19)13-9-5-4-8-12(13)16-14(17)11(15)7-6-10-20-2/h4-5,8-9,11H,3,6-7,10,15H2,1-2H3,(H,16,17). The lowest BCUT2D eigenvalue weighted by Crippen LogP contribution is -2.36. The molecule has 1 unspecified atom stereocenters. The fourth-order valence-electron chi connectivity index (χ4n) is 1.80. The largest absolute Gasteiger partial charge is 0.385 e. The minimum atomic E-state index is -3.40. The van der Waals surface area contributed by atoms with E-state index in [-0.39, 0.29) is 16.3 Å². The van der Waals surface area contributed by atoms with E-state index in [4.69, 9.17) is 10.5 Å². The van der Waals surface area contributed by atoms with Gasteiger partial charge in [-0.25, -0.2) is 8.42 Å². The van der Waals surface area contributed by atoms with Gasteiger partial charge >= 0.3 is 0 Å². The van der Waals surface area contributed by atoms with Crippen molar-refractivity contribution in [3.05, 3.63) is 24.3 Å². The van der Waals surface area contributed by atoms with E-state index in [1.807, 2.05) is 0 Å². The number of sulfone groups is 1. The van der Waals surface area contributed by atoms with Gasteiger partial charge in [-0.15, -0.1) is 0 Å². The van der Waals surface area contributed by atoms with E-state index in [1.165, 1.54) is 6.07 Å². The second kappa shape index (κ2) is 8.11. The average Bonchev–Trinajstić information content (AvgIpc) is 2.47. The third-order valence-electron chi connectivity index (χ3n) is 3.06. The van der Waals surface area contributed by atoms with Gasteiger partial charge in [-0.1, -0.05) is 19.1 Å². The first-order valence-corrected chi connectivity index (χ1v) is 8.44. The van der Waals surface area contributed by atoms with Crippen LogP contribution in [0, 0.1) is 0 Å². The highest BCUT2D eigenvalue weighted by Gasteiger charge is 2.19. The SMILES string of the molecule is CCS(=O)(=O)c1ccccc1NC(=O)C(N)CCCOC. The summed E-state index contributed by atoms with van der Waals surface area (Å²) in [4.78, 5) is 12.1. The quantitative estimate of drug-likeness (QED) is 0.702. The van der Waals surface area contributed by atoms with Crippen LogP contribution in [0.3, 0.4) is 0 Å². The van der Waals surface area contributed by atoms with Crippen LogP contribution in [0.1, 0.15) is 19.8 Å². The molecule has 0 bridgehead atoms. The van der Waals surface area contributed by atoms with Crippen molar-refractivity contribution >= 4 is 21.4 Å². The van der Waals surface area contributed by atoms with Gasteiger partial charge in [0.25, 0.3) is 0 Å². The molecule has 21 heavy (non-hydrogen) atoms. The number of amides is 1. The van der Waals surface area contributed by atoms with Gasteiger partial charge in [-0.3, -0.25) is 4.79 Å². The highest BCUT2D eigenvalue weighted by atomic mass is 32.2. The second-order valence-corrected chi connectivity index (χ2v) is 6.88. The Morgan fingerprint density at radius 3 is 2.67 bits per heavy atom. The summed E-state index contributed by atoms with van der Waals surface area (Å²) in [6.07, 6.45) is 1.14. The van der Waals surface area contributed by atoms with Crippen molar-refractivity contribution in [2.45, 2.75) is 30.7 Å². The predicted molar refractivity (Wildman–Crippen MR) is 81.9 cm³/mol. The molecule has 1 aromatic carbocycles. The maximum Gasteiger partial charge on any atom is 0.241 e. The first-order chi connectivity index (χ1) is 9.92. The van der Waals surface area contributed by atoms with E-state index in [0.29, 0.717) is 19.4 Å². The molecule has 1 rings (SSSR count). The van der Waals surface area contributed by atoms with Crippen molar-refractivity contribution < 1.29 is 17.9 Å². The van der Waals surface area contributed by atoms with Crippen molar-refractivity contribution in [1.29, 1.82) is 0 Å². The summed E-state index contributed by atoms with van der Waals surface area (Å²) in [6, 6.07) is 5.63. The number of carbonyl (C=O) groups is 1. The molecule has 3 N–H and O–H groups in total. The van der Waals surface area contributed by atoms with Crippen molar-refractivity contribution in [3.8, 4) is 0 Å². The average molecular weight is 314 g/mol. The third-order valence-corrected chi connectivity index (χ3v) is 4.85. The molecule has 0 aliphatic carbocycles. The maximum absolute atomic E-state index is 12.0. The van der Waals surface area contributed by atoms with E-state index in [1.54, 1.807) is 32.2 Å². The Balaban J connectivity index is 2.82. The monoisotopic (exact) mass is 314 g/mol. The predicted octanol–water partition coefficient (Wildman–Crippen LogP) is 1.17. The number of hydrogen-bond donors (Lipinski definition) is 2. The van der Waals surface area contributed by atoms with Crippen LogP contribution < -0.4 is 11.1 Å². The molecule has 1 aromatic rings. The Morgan fingerprint density at radius 1 is 1.38 bits per heavy atom. The Hall–Kier alpha value is -1.44. The molecule has 0 aliphatic rings. The van der Waals surface area contributed by atoms with E-state index in [0.717, 1.165) is 0 Å². The van der Waals surface area contributed by atoms with E-state index in [9.17, 15) is 13.2 Å². The highest BCUT2D eigenvalue weighted by Crippen LogP contribution is 2.22. The highest BCUT2D eigenvalue weighted by molar-refractivity contribution is 7.91. The van der Waals surface area contributed by atoms with Gasteiger partial charge < -0.3 is 15.8 Å². The molecule has 1 amide bonds. The van der Waals surface area contributed by atoms with Gasteiger partial charge in [0, 0.05) is 13.7 Å². The normalized spacial score (nSPS) is 12.9. The molecule has 0 aromatic heterocycles. The topological polar surface area (TPSA) is 98.5 Å². The van der Waals surface area contributed by atoms with Gasteiger partial charge in [-0.05, 0) is 25.0 Å². The van der Waals surface area contributed by atoms with Crippen LogP contribution in [-0.2, 0) is 19.4 Å². The summed E-state index contributed by atoms with van der Waals surface area (Å²) in [5.74, 6) is -0.426. The lowest BCUT2D eigenvalue weighted by atomic mass is 10.1. The molecule has 0 saturated carbocycles. The number of ether oxygens (including phenoxy) is 1. The van der Waals surface area contributed by atoms with Gasteiger partial charge in [0.1, 0.15) is 0 Å². The van der Waals surface area contributed by atoms with Crippen LogP contribution in [0.15, 0.2) is 29.2 Å². The maximum atomic E-state index is 12.0. The Morgan fingerprint density at radius 2 is 2.05 bits per heavy atom. The molecule has 118 valence electrons. The van der Waals surface area contributed by atoms with Gasteiger partial charge in [0.15, 0.2) is 9.84 Å². The van der Waals surface area contributed by atoms with Crippen molar-refractivity contribution in [2.24, 2.45) is 5.73 Å². The fraction of sp³-hybridized carbons (Fsp3) is 0.500. The lowest BCUT2D eigenvalue weighted by Gasteiger charge is -2.14. The number of carbonyl (C=O) groups excluding carboxylic acids is 1. The number of nitrogens with one attached hydrogen (secondary N) is 1. The third kappa shape index (κ3) is 5.11. The number of rotatable bonds is 8. The minimum absolute atomic E-state index is 0.0280. The summed E-state index contributed by atoms with van der Waals surface area (Å²) < 4.78 is 28.9. The number of benzene rings is 1. The molecule has 0 heterocycles. The van der Waals surface area contributed by atoms with Gasteiger partial charge in [0.05, 0.1) is 22.4 Å². The van der Waals surface area contributed by atoms with Crippen molar-refractivity contribution in [1.82, 2.24) is 0 Å². The van der Waals surface area contributed by atoms with Crippen LogP contribution in [-0.4, -0.2) is 39.8 Å². The number of hydrogen-bond acceptors (Lipinski definition) is 5. The number of nitrogens with two attached hydrogens (primary N) is 1. The lowest BCUT2D eigenvalue weighted by molar-refractivity contribution is -0.117. The van der Waals surface area contributed by atoms with Crippen LogP contribution in [0.4, 0.5) is 5.69 Å². The molecular weight excluding hydrogens is 292 g/mol. The van der Waals surface area contributed by atoms with Gasteiger partial charge in [0.2, 0.25) is 5.91 Å². The zero-order valence-electron chi connectivity index (χ0n) is 12.3. The molecule has 7 heteroatoms. The number of methoxy groups -OCH3 is 1. The summed E-state index contributed by atoms with van der Waals surface area (Å²) in [5, 5.41) is 2.59. The van der Waals surface area contributed by atoms with Crippen LogP contribution in [0.2, 0.25) is 0 Å². The molecule has 1 atom stereocenters. The van der Waals surface area contributed by atoms with Gasteiger partial charge in [-0.2, -0.15) is 0 Å². The molecular formula is C14H22N2O4S. The Bertz CT molecular complexity index is 572. The summed E-state index contributed by atoms with van der Waals surface area (Å²) in [6.45, 7) is 2.09. The number of para-hydroxylation sites is 1. The van der Waals surface area contributed by atoms with E-state index < -0.39 is 21.8 Å². The molecule has 0 aliphatic heterocycles. The first-order valence-electron chi connectivity index (χ1n) is 6.79. The Kier molecular flexibility index (Phi) is 6.80. The fourth-order valence-corrected chi connectivity index (χ4v) is 2.85. The van der Waals surface area contributed by atoms with Crippen LogP contribution in [0.5, 0.6) is 0 Å². The molecule has 0 saturated heterocycles. The molecule has 0 fully saturated rings.